The van der Waals surface area contributed by atoms with E-state index in [9.17, 15) is 0 Å². The SMILES string of the molecule is C=C1CCC=C[C@@H]2[C@H]1CCC21OCCO1. The highest BCUT2D eigenvalue weighted by Crippen LogP contribution is 2.50. The lowest BCUT2D eigenvalue weighted by Crippen LogP contribution is -2.35. The lowest BCUT2D eigenvalue weighted by Gasteiger charge is -2.29. The molecule has 0 aromatic carbocycles. The van der Waals surface area contributed by atoms with Crippen molar-refractivity contribution in [1.29, 1.82) is 0 Å². The fraction of sp³-hybridized carbons (Fsp3) is 0.692. The second kappa shape index (κ2) is 3.46. The molecule has 1 aliphatic heterocycles. The first-order valence-electron chi connectivity index (χ1n) is 5.94. The highest BCUT2D eigenvalue weighted by atomic mass is 16.7. The van der Waals surface area contributed by atoms with Crippen molar-refractivity contribution in [1.82, 2.24) is 0 Å². The van der Waals surface area contributed by atoms with Gasteiger partial charge in [0.05, 0.1) is 13.2 Å². The van der Waals surface area contributed by atoms with Crippen molar-refractivity contribution in [2.75, 3.05) is 13.2 Å². The van der Waals surface area contributed by atoms with Gasteiger partial charge in [-0.05, 0) is 25.2 Å². The van der Waals surface area contributed by atoms with Gasteiger partial charge in [-0.2, -0.15) is 0 Å². The first-order chi connectivity index (χ1) is 7.32. The first kappa shape index (κ1) is 9.61. The maximum Gasteiger partial charge on any atom is 0.175 e. The third-order valence-electron chi connectivity index (χ3n) is 4.02. The highest BCUT2D eigenvalue weighted by Gasteiger charge is 2.52. The zero-order valence-electron chi connectivity index (χ0n) is 9.08. The number of ether oxygens (including phenoxy) is 2. The molecule has 0 aromatic heterocycles. The van der Waals surface area contributed by atoms with Gasteiger partial charge >= 0.3 is 0 Å². The van der Waals surface area contributed by atoms with Crippen LogP contribution in [0.5, 0.6) is 0 Å². The summed E-state index contributed by atoms with van der Waals surface area (Å²) in [4.78, 5) is 0. The molecule has 0 unspecified atom stereocenters. The van der Waals surface area contributed by atoms with Crippen molar-refractivity contribution in [3.63, 3.8) is 0 Å². The van der Waals surface area contributed by atoms with E-state index in [0.717, 1.165) is 32.5 Å². The van der Waals surface area contributed by atoms with Crippen LogP contribution in [0.3, 0.4) is 0 Å². The van der Waals surface area contributed by atoms with Crippen LogP contribution in [0.4, 0.5) is 0 Å². The van der Waals surface area contributed by atoms with E-state index < -0.39 is 0 Å². The maximum absolute atomic E-state index is 5.86. The number of rotatable bonds is 0. The second-order valence-corrected chi connectivity index (χ2v) is 4.80. The Bertz CT molecular complexity index is 300. The van der Waals surface area contributed by atoms with Crippen LogP contribution >= 0.6 is 0 Å². The summed E-state index contributed by atoms with van der Waals surface area (Å²) in [5, 5.41) is 0. The summed E-state index contributed by atoms with van der Waals surface area (Å²) < 4.78 is 11.7. The molecule has 82 valence electrons. The molecule has 2 heteroatoms. The van der Waals surface area contributed by atoms with Gasteiger partial charge in [0.25, 0.3) is 0 Å². The minimum absolute atomic E-state index is 0.297. The minimum atomic E-state index is -0.297. The average molecular weight is 206 g/mol. The van der Waals surface area contributed by atoms with Crippen LogP contribution < -0.4 is 0 Å². The van der Waals surface area contributed by atoms with E-state index in [1.54, 1.807) is 0 Å². The molecule has 0 bridgehead atoms. The monoisotopic (exact) mass is 206 g/mol. The molecule has 2 nitrogen and oxygen atoms in total. The van der Waals surface area contributed by atoms with E-state index >= 15 is 0 Å². The number of hydrogen-bond acceptors (Lipinski definition) is 2. The Hall–Kier alpha value is -0.600. The minimum Gasteiger partial charge on any atom is -0.347 e. The van der Waals surface area contributed by atoms with E-state index in [0.29, 0.717) is 11.8 Å². The molecule has 0 amide bonds. The normalized spacial score (nSPS) is 38.3. The molecule has 0 aromatic rings. The molecule has 1 spiro atoms. The van der Waals surface area contributed by atoms with Crippen molar-refractivity contribution in [2.45, 2.75) is 31.5 Å². The Morgan fingerprint density at radius 3 is 2.93 bits per heavy atom. The Morgan fingerprint density at radius 1 is 1.33 bits per heavy atom. The Balaban J connectivity index is 1.92. The third-order valence-corrected chi connectivity index (χ3v) is 4.02. The number of allylic oxidation sites excluding steroid dienone is 2. The van der Waals surface area contributed by atoms with Crippen LogP contribution in [0.25, 0.3) is 0 Å². The molecular weight excluding hydrogens is 188 g/mol. The van der Waals surface area contributed by atoms with Gasteiger partial charge in [-0.15, -0.1) is 0 Å². The summed E-state index contributed by atoms with van der Waals surface area (Å²) in [5.41, 5.74) is 1.39. The summed E-state index contributed by atoms with van der Waals surface area (Å²) in [6, 6.07) is 0. The zero-order valence-corrected chi connectivity index (χ0v) is 9.08. The average Bonchev–Trinajstić information content (AvgIpc) is 2.79. The van der Waals surface area contributed by atoms with Crippen LogP contribution in [-0.2, 0) is 9.47 Å². The number of hydrogen-bond donors (Lipinski definition) is 0. The molecule has 2 fully saturated rings. The topological polar surface area (TPSA) is 18.5 Å². The highest BCUT2D eigenvalue weighted by molar-refractivity contribution is 5.18. The Morgan fingerprint density at radius 2 is 2.13 bits per heavy atom. The van der Waals surface area contributed by atoms with Gasteiger partial charge in [0.1, 0.15) is 0 Å². The predicted molar refractivity (Wildman–Crippen MR) is 58.4 cm³/mol. The van der Waals surface area contributed by atoms with Gasteiger partial charge in [0.15, 0.2) is 5.79 Å². The molecule has 0 radical (unpaired) electrons. The van der Waals surface area contributed by atoms with E-state index in [1.807, 2.05) is 0 Å². The van der Waals surface area contributed by atoms with E-state index in [1.165, 1.54) is 12.0 Å². The smallest absolute Gasteiger partial charge is 0.175 e. The van der Waals surface area contributed by atoms with Crippen LogP contribution in [0.1, 0.15) is 25.7 Å². The van der Waals surface area contributed by atoms with Gasteiger partial charge in [0.2, 0.25) is 0 Å². The maximum atomic E-state index is 5.86. The fourth-order valence-electron chi connectivity index (χ4n) is 3.25. The van der Waals surface area contributed by atoms with Crippen LogP contribution in [0, 0.1) is 11.8 Å². The van der Waals surface area contributed by atoms with Gasteiger partial charge in [0, 0.05) is 12.3 Å². The van der Waals surface area contributed by atoms with Gasteiger partial charge in [-0.1, -0.05) is 24.3 Å². The summed E-state index contributed by atoms with van der Waals surface area (Å²) in [5.74, 6) is 0.700. The van der Waals surface area contributed by atoms with Crippen molar-refractivity contribution < 1.29 is 9.47 Å². The van der Waals surface area contributed by atoms with Crippen molar-refractivity contribution in [2.24, 2.45) is 11.8 Å². The van der Waals surface area contributed by atoms with Crippen LogP contribution in [0.15, 0.2) is 24.3 Å². The summed E-state index contributed by atoms with van der Waals surface area (Å²) in [6.45, 7) is 5.73. The molecule has 2 atom stereocenters. The fourth-order valence-corrected chi connectivity index (χ4v) is 3.25. The third kappa shape index (κ3) is 1.39. The molecule has 3 rings (SSSR count). The lowest BCUT2D eigenvalue weighted by atomic mass is 9.87. The van der Waals surface area contributed by atoms with Gasteiger partial charge in [-0.25, -0.2) is 0 Å². The van der Waals surface area contributed by atoms with Crippen LogP contribution in [-0.4, -0.2) is 19.0 Å². The summed E-state index contributed by atoms with van der Waals surface area (Å²) in [6.07, 6.45) is 9.05. The quantitative estimate of drug-likeness (QED) is 0.567. The Labute approximate surface area is 90.9 Å². The van der Waals surface area contributed by atoms with Gasteiger partial charge < -0.3 is 9.47 Å². The van der Waals surface area contributed by atoms with Gasteiger partial charge in [-0.3, -0.25) is 0 Å². The van der Waals surface area contributed by atoms with Crippen molar-refractivity contribution in [3.8, 4) is 0 Å². The molecule has 1 saturated heterocycles. The first-order valence-corrected chi connectivity index (χ1v) is 5.94. The van der Waals surface area contributed by atoms with Crippen molar-refractivity contribution >= 4 is 0 Å². The van der Waals surface area contributed by atoms with E-state index in [-0.39, 0.29) is 5.79 Å². The molecular formula is C13H18O2. The second-order valence-electron chi connectivity index (χ2n) is 4.80. The molecule has 3 aliphatic rings. The Kier molecular flexibility index (Phi) is 2.22. The lowest BCUT2D eigenvalue weighted by molar-refractivity contribution is -0.173. The molecule has 1 saturated carbocycles. The predicted octanol–water partition coefficient (Wildman–Crippen LogP) is 2.66. The van der Waals surface area contributed by atoms with E-state index in [2.05, 4.69) is 18.7 Å². The number of fused-ring (bicyclic) bond motifs is 2. The molecule has 15 heavy (non-hydrogen) atoms. The standard InChI is InChI=1S/C13H18O2/c1-10-4-2-3-5-12-11(10)6-7-13(12)14-8-9-15-13/h3,5,11-12H,1-2,4,6-9H2/t11-,12+/m0/s1. The molecule has 0 N–H and O–H groups in total. The molecule has 1 heterocycles. The van der Waals surface area contributed by atoms with E-state index in [4.69, 9.17) is 9.47 Å². The largest absolute Gasteiger partial charge is 0.347 e. The summed E-state index contributed by atoms with van der Waals surface area (Å²) in [7, 11) is 0. The molecule has 2 aliphatic carbocycles. The zero-order chi connectivity index (χ0) is 10.3. The summed E-state index contributed by atoms with van der Waals surface area (Å²) >= 11 is 0. The van der Waals surface area contributed by atoms with Crippen molar-refractivity contribution in [3.05, 3.63) is 24.3 Å². The van der Waals surface area contributed by atoms with Crippen LogP contribution in [0.2, 0.25) is 0 Å².